The third-order valence-corrected chi connectivity index (χ3v) is 3.70. The van der Waals surface area contributed by atoms with E-state index in [9.17, 15) is 5.11 Å². The summed E-state index contributed by atoms with van der Waals surface area (Å²) in [6, 6.07) is 15.1. The molecule has 144 valence electrons. The summed E-state index contributed by atoms with van der Waals surface area (Å²) in [6.45, 7) is 6.40. The molecular formula is C22H27IN2O2. The highest BCUT2D eigenvalue weighted by molar-refractivity contribution is 14.1. The van der Waals surface area contributed by atoms with Crippen LogP contribution in [0.2, 0.25) is 0 Å². The van der Waals surface area contributed by atoms with Gasteiger partial charge in [-0.05, 0) is 74.6 Å². The van der Waals surface area contributed by atoms with Crippen LogP contribution in [0.4, 0.5) is 11.4 Å². The Morgan fingerprint density at radius 1 is 0.852 bits per heavy atom. The molecule has 6 N–H and O–H groups in total. The lowest BCUT2D eigenvalue weighted by molar-refractivity contribution is 0.143. The van der Waals surface area contributed by atoms with Gasteiger partial charge in [-0.3, -0.25) is 0 Å². The maximum absolute atomic E-state index is 9.36. The SMILES string of the molecule is C#CC(C)(C)O.CC(C)(O)C#Cc1ccccc1N.Nc1ccccc1I. The van der Waals surface area contributed by atoms with Gasteiger partial charge in [0.15, 0.2) is 0 Å². The van der Waals surface area contributed by atoms with Crippen molar-refractivity contribution in [3.05, 3.63) is 57.7 Å². The average Bonchev–Trinajstić information content (AvgIpc) is 2.57. The lowest BCUT2D eigenvalue weighted by Gasteiger charge is -2.06. The maximum atomic E-state index is 9.36. The van der Waals surface area contributed by atoms with Gasteiger partial charge in [0.25, 0.3) is 0 Å². The predicted octanol–water partition coefficient (Wildman–Crippen LogP) is 3.66. The van der Waals surface area contributed by atoms with E-state index in [0.717, 1.165) is 14.8 Å². The minimum atomic E-state index is -0.970. The van der Waals surface area contributed by atoms with E-state index in [2.05, 4.69) is 40.4 Å². The van der Waals surface area contributed by atoms with Gasteiger partial charge in [0.05, 0.1) is 0 Å². The Morgan fingerprint density at radius 2 is 1.30 bits per heavy atom. The fourth-order valence-electron chi connectivity index (χ4n) is 1.31. The van der Waals surface area contributed by atoms with E-state index in [1.54, 1.807) is 33.8 Å². The molecule has 2 rings (SSSR count). The second-order valence-corrected chi connectivity index (χ2v) is 7.78. The van der Waals surface area contributed by atoms with Crippen molar-refractivity contribution in [1.29, 1.82) is 0 Å². The van der Waals surface area contributed by atoms with Crippen LogP contribution in [-0.4, -0.2) is 21.4 Å². The molecule has 0 aliphatic rings. The van der Waals surface area contributed by atoms with Crippen molar-refractivity contribution in [3.63, 3.8) is 0 Å². The van der Waals surface area contributed by atoms with Crippen LogP contribution in [0.3, 0.4) is 0 Å². The van der Waals surface area contributed by atoms with Gasteiger partial charge in [0, 0.05) is 20.5 Å². The van der Waals surface area contributed by atoms with E-state index in [4.69, 9.17) is 23.0 Å². The molecule has 0 heterocycles. The van der Waals surface area contributed by atoms with Crippen LogP contribution in [0, 0.1) is 27.8 Å². The zero-order valence-corrected chi connectivity index (χ0v) is 18.3. The summed E-state index contributed by atoms with van der Waals surface area (Å²) >= 11 is 2.20. The van der Waals surface area contributed by atoms with Gasteiger partial charge in [0.2, 0.25) is 0 Å². The van der Waals surface area contributed by atoms with Crippen LogP contribution >= 0.6 is 22.6 Å². The molecule has 2 aromatic rings. The van der Waals surface area contributed by atoms with E-state index in [0.29, 0.717) is 5.69 Å². The Kier molecular flexibility index (Phi) is 10.6. The Morgan fingerprint density at radius 3 is 1.63 bits per heavy atom. The van der Waals surface area contributed by atoms with Crippen molar-refractivity contribution in [2.24, 2.45) is 0 Å². The van der Waals surface area contributed by atoms with Crippen molar-refractivity contribution in [2.45, 2.75) is 38.9 Å². The second kappa shape index (κ2) is 11.5. The fourth-order valence-corrected chi connectivity index (χ4v) is 1.69. The number of rotatable bonds is 0. The van der Waals surface area contributed by atoms with E-state index in [1.807, 2.05) is 42.5 Å². The topological polar surface area (TPSA) is 92.5 Å². The third-order valence-electron chi connectivity index (χ3n) is 2.72. The summed E-state index contributed by atoms with van der Waals surface area (Å²) in [5.41, 5.74) is 11.5. The van der Waals surface area contributed by atoms with Crippen LogP contribution in [-0.2, 0) is 0 Å². The van der Waals surface area contributed by atoms with Crippen molar-refractivity contribution < 1.29 is 10.2 Å². The summed E-state index contributed by atoms with van der Waals surface area (Å²) in [5.74, 6) is 7.69. The molecule has 27 heavy (non-hydrogen) atoms. The smallest absolute Gasteiger partial charge is 0.120 e. The molecule has 0 fully saturated rings. The summed E-state index contributed by atoms with van der Waals surface area (Å²) in [7, 11) is 0. The van der Waals surface area contributed by atoms with Crippen molar-refractivity contribution in [1.82, 2.24) is 0 Å². The molecule has 0 saturated carbocycles. The molecule has 4 nitrogen and oxygen atoms in total. The van der Waals surface area contributed by atoms with Crippen LogP contribution in [0.5, 0.6) is 0 Å². The summed E-state index contributed by atoms with van der Waals surface area (Å²) in [5, 5.41) is 17.9. The Hall–Kier alpha value is -2.19. The number of benzene rings is 2. The highest BCUT2D eigenvalue weighted by atomic mass is 127. The van der Waals surface area contributed by atoms with Gasteiger partial charge in [-0.2, -0.15) is 0 Å². The number of nitrogen functional groups attached to an aromatic ring is 2. The Bertz CT molecular complexity index is 796. The number of halogens is 1. The first kappa shape index (κ1) is 24.8. The lowest BCUT2D eigenvalue weighted by Crippen LogP contribution is -2.14. The van der Waals surface area contributed by atoms with Gasteiger partial charge < -0.3 is 21.7 Å². The average molecular weight is 478 g/mol. The van der Waals surface area contributed by atoms with Gasteiger partial charge >= 0.3 is 0 Å². The number of terminal acetylenes is 1. The zero-order chi connectivity index (χ0) is 21.1. The molecule has 0 aromatic heterocycles. The fraction of sp³-hybridized carbons (Fsp3) is 0.273. The molecule has 0 unspecified atom stereocenters. The largest absolute Gasteiger partial charge is 0.398 e. The quantitative estimate of drug-likeness (QED) is 0.264. The predicted molar refractivity (Wildman–Crippen MR) is 123 cm³/mol. The van der Waals surface area contributed by atoms with E-state index >= 15 is 0 Å². The number of nitrogens with two attached hydrogens (primary N) is 2. The molecule has 0 aliphatic heterocycles. The Balaban J connectivity index is 0.000000413. The van der Waals surface area contributed by atoms with Crippen LogP contribution in [0.1, 0.15) is 33.3 Å². The first-order valence-corrected chi connectivity index (χ1v) is 9.24. The van der Waals surface area contributed by atoms with Crippen LogP contribution in [0.15, 0.2) is 48.5 Å². The summed E-state index contributed by atoms with van der Waals surface area (Å²) < 4.78 is 1.12. The number of anilines is 2. The highest BCUT2D eigenvalue weighted by Gasteiger charge is 2.06. The second-order valence-electron chi connectivity index (χ2n) is 6.62. The number of hydrogen-bond acceptors (Lipinski definition) is 4. The number of aliphatic hydroxyl groups is 2. The normalized spacial score (nSPS) is 10.0. The molecule has 0 amide bonds. The molecule has 5 heteroatoms. The minimum Gasteiger partial charge on any atom is -0.398 e. The van der Waals surface area contributed by atoms with Crippen LogP contribution in [0.25, 0.3) is 0 Å². The van der Waals surface area contributed by atoms with Gasteiger partial charge in [-0.1, -0.05) is 42.0 Å². The van der Waals surface area contributed by atoms with E-state index < -0.39 is 11.2 Å². The summed E-state index contributed by atoms with van der Waals surface area (Å²) in [6.07, 6.45) is 4.81. The third kappa shape index (κ3) is 13.6. The van der Waals surface area contributed by atoms with E-state index in [-0.39, 0.29) is 0 Å². The maximum Gasteiger partial charge on any atom is 0.120 e. The first-order chi connectivity index (χ1) is 12.4. The van der Waals surface area contributed by atoms with Gasteiger partial charge in [0.1, 0.15) is 11.2 Å². The molecule has 0 atom stereocenters. The zero-order valence-electron chi connectivity index (χ0n) is 16.1. The van der Waals surface area contributed by atoms with Gasteiger partial charge in [-0.15, -0.1) is 6.42 Å². The molecule has 0 bridgehead atoms. The lowest BCUT2D eigenvalue weighted by atomic mass is 10.1. The summed E-state index contributed by atoms with van der Waals surface area (Å²) in [4.78, 5) is 0. The minimum absolute atomic E-state index is 0.638. The molecule has 0 aliphatic carbocycles. The van der Waals surface area contributed by atoms with Gasteiger partial charge in [-0.25, -0.2) is 0 Å². The van der Waals surface area contributed by atoms with Crippen molar-refractivity contribution >= 4 is 34.0 Å². The van der Waals surface area contributed by atoms with Crippen molar-refractivity contribution in [2.75, 3.05) is 11.5 Å². The monoisotopic (exact) mass is 478 g/mol. The highest BCUT2D eigenvalue weighted by Crippen LogP contribution is 2.11. The first-order valence-electron chi connectivity index (χ1n) is 8.16. The molecule has 2 aromatic carbocycles. The molecule has 0 saturated heterocycles. The Labute approximate surface area is 176 Å². The number of hydrogen-bond donors (Lipinski definition) is 4. The molecule has 0 radical (unpaired) electrons. The van der Waals surface area contributed by atoms with E-state index in [1.165, 1.54) is 0 Å². The molecular weight excluding hydrogens is 451 g/mol. The standard InChI is InChI=1S/C11H13NO.C6H6IN.C5H8O/c1-11(2,13)8-7-9-5-3-4-6-10(9)12;7-5-3-1-2-4-6(5)8;1-4-5(2,3)6/h3-6,13H,12H2,1-2H3;1-4H,8H2;1,6H,2-3H3. The number of para-hydroxylation sites is 2. The molecule has 0 spiro atoms. The van der Waals surface area contributed by atoms with Crippen LogP contribution < -0.4 is 11.5 Å². The van der Waals surface area contributed by atoms with Crippen molar-refractivity contribution in [3.8, 4) is 24.2 Å².